The third-order valence-corrected chi connectivity index (χ3v) is 3.48. The molecule has 3 heteroatoms. The van der Waals surface area contributed by atoms with Gasteiger partial charge in [-0.05, 0) is 55.2 Å². The lowest BCUT2D eigenvalue weighted by Gasteiger charge is -2.13. The van der Waals surface area contributed by atoms with Gasteiger partial charge in [0.1, 0.15) is 11.5 Å². The molecule has 0 amide bonds. The van der Waals surface area contributed by atoms with Crippen molar-refractivity contribution in [2.45, 2.75) is 47.2 Å². The number of pyridine rings is 1. The molecule has 0 saturated carbocycles. The highest BCUT2D eigenvalue weighted by molar-refractivity contribution is 5.44. The highest BCUT2D eigenvalue weighted by Crippen LogP contribution is 2.28. The molecular weight excluding hydrogens is 260 g/mol. The molecule has 0 atom stereocenters. The number of aromatic nitrogens is 1. The second-order valence-electron chi connectivity index (χ2n) is 5.87. The summed E-state index contributed by atoms with van der Waals surface area (Å²) in [7, 11) is 0. The molecule has 2 rings (SSSR count). The van der Waals surface area contributed by atoms with Crippen LogP contribution in [0.4, 0.5) is 0 Å². The van der Waals surface area contributed by atoms with Gasteiger partial charge in [-0.25, -0.2) is 0 Å². The van der Waals surface area contributed by atoms with Crippen LogP contribution in [0.15, 0.2) is 30.6 Å². The van der Waals surface area contributed by atoms with Crippen molar-refractivity contribution in [2.24, 2.45) is 0 Å². The number of nitrogens with zero attached hydrogens (tertiary/aromatic N) is 1. The Morgan fingerprint density at radius 2 is 1.86 bits per heavy atom. The molecule has 0 radical (unpaired) electrons. The maximum Gasteiger partial charge on any atom is 0.146 e. The number of ether oxygens (including phenoxy) is 1. The van der Waals surface area contributed by atoms with Crippen molar-refractivity contribution in [3.05, 3.63) is 52.8 Å². The van der Waals surface area contributed by atoms with Gasteiger partial charge in [0.2, 0.25) is 0 Å². The van der Waals surface area contributed by atoms with E-state index in [1.54, 1.807) is 6.20 Å². The van der Waals surface area contributed by atoms with Crippen molar-refractivity contribution in [3.63, 3.8) is 0 Å². The van der Waals surface area contributed by atoms with Crippen molar-refractivity contribution < 1.29 is 4.74 Å². The van der Waals surface area contributed by atoms with E-state index in [-0.39, 0.29) is 0 Å². The molecule has 1 aromatic heterocycles. The molecule has 0 aliphatic heterocycles. The van der Waals surface area contributed by atoms with E-state index in [1.807, 2.05) is 12.3 Å². The van der Waals surface area contributed by atoms with Gasteiger partial charge < -0.3 is 10.1 Å². The smallest absolute Gasteiger partial charge is 0.146 e. The largest absolute Gasteiger partial charge is 0.455 e. The van der Waals surface area contributed by atoms with Crippen molar-refractivity contribution in [1.82, 2.24) is 10.3 Å². The summed E-state index contributed by atoms with van der Waals surface area (Å²) in [6, 6.07) is 6.74. The van der Waals surface area contributed by atoms with Gasteiger partial charge in [0.25, 0.3) is 0 Å². The molecule has 0 fully saturated rings. The van der Waals surface area contributed by atoms with Gasteiger partial charge in [-0.15, -0.1) is 0 Å². The maximum atomic E-state index is 6.03. The summed E-state index contributed by atoms with van der Waals surface area (Å²) in [5, 5.41) is 3.39. The summed E-state index contributed by atoms with van der Waals surface area (Å²) in [5.74, 6) is 1.69. The highest BCUT2D eigenvalue weighted by Gasteiger charge is 2.06. The SMILES string of the molecule is Cc1cc(C)c(C)c(Oc2cncc(CNC(C)C)c2)c1. The molecule has 21 heavy (non-hydrogen) atoms. The maximum absolute atomic E-state index is 6.03. The Morgan fingerprint density at radius 1 is 1.10 bits per heavy atom. The lowest BCUT2D eigenvalue weighted by atomic mass is 10.1. The number of nitrogens with one attached hydrogen (secondary N) is 1. The fraction of sp³-hybridized carbons (Fsp3) is 0.389. The van der Waals surface area contributed by atoms with E-state index in [4.69, 9.17) is 4.74 Å². The summed E-state index contributed by atoms with van der Waals surface area (Å²) < 4.78 is 6.03. The summed E-state index contributed by atoms with van der Waals surface area (Å²) in [5.41, 5.74) is 4.75. The summed E-state index contributed by atoms with van der Waals surface area (Å²) in [6.45, 7) is 11.3. The zero-order valence-corrected chi connectivity index (χ0v) is 13.5. The van der Waals surface area contributed by atoms with E-state index in [0.717, 1.165) is 23.6 Å². The number of hydrogen-bond donors (Lipinski definition) is 1. The first kappa shape index (κ1) is 15.5. The summed E-state index contributed by atoms with van der Waals surface area (Å²) in [4.78, 5) is 4.27. The molecule has 2 aromatic rings. The molecule has 0 aliphatic carbocycles. The molecule has 112 valence electrons. The van der Waals surface area contributed by atoms with Crippen molar-refractivity contribution in [3.8, 4) is 11.5 Å². The number of hydrogen-bond acceptors (Lipinski definition) is 3. The molecule has 0 aliphatic rings. The first-order chi connectivity index (χ1) is 9.95. The third kappa shape index (κ3) is 4.30. The van der Waals surface area contributed by atoms with Crippen LogP contribution in [0.25, 0.3) is 0 Å². The van der Waals surface area contributed by atoms with Gasteiger partial charge in [0, 0.05) is 18.8 Å². The van der Waals surface area contributed by atoms with Crippen LogP contribution < -0.4 is 10.1 Å². The van der Waals surface area contributed by atoms with Gasteiger partial charge in [0.05, 0.1) is 6.20 Å². The van der Waals surface area contributed by atoms with Crippen LogP contribution in [0.3, 0.4) is 0 Å². The van der Waals surface area contributed by atoms with Gasteiger partial charge in [0.15, 0.2) is 0 Å². The van der Waals surface area contributed by atoms with E-state index in [1.165, 1.54) is 16.7 Å². The van der Waals surface area contributed by atoms with Crippen molar-refractivity contribution in [1.29, 1.82) is 0 Å². The van der Waals surface area contributed by atoms with E-state index >= 15 is 0 Å². The fourth-order valence-corrected chi connectivity index (χ4v) is 2.17. The Hall–Kier alpha value is -1.87. The average Bonchev–Trinajstić information content (AvgIpc) is 2.42. The Balaban J connectivity index is 2.18. The van der Waals surface area contributed by atoms with Gasteiger partial charge in [-0.3, -0.25) is 4.98 Å². The molecule has 1 heterocycles. The number of rotatable bonds is 5. The first-order valence-corrected chi connectivity index (χ1v) is 7.38. The number of benzene rings is 1. The van der Waals surface area contributed by atoms with Crippen LogP contribution in [0.1, 0.15) is 36.1 Å². The van der Waals surface area contributed by atoms with Crippen LogP contribution in [0, 0.1) is 20.8 Å². The van der Waals surface area contributed by atoms with Crippen LogP contribution in [-0.2, 0) is 6.54 Å². The molecule has 0 bridgehead atoms. The molecule has 1 aromatic carbocycles. The van der Waals surface area contributed by atoms with Gasteiger partial charge in [-0.1, -0.05) is 19.9 Å². The minimum absolute atomic E-state index is 0.455. The van der Waals surface area contributed by atoms with Gasteiger partial charge in [-0.2, -0.15) is 0 Å². The topological polar surface area (TPSA) is 34.1 Å². The minimum atomic E-state index is 0.455. The Labute approximate surface area is 127 Å². The van der Waals surface area contributed by atoms with Crippen LogP contribution in [0.5, 0.6) is 11.5 Å². The second-order valence-corrected chi connectivity index (χ2v) is 5.87. The third-order valence-electron chi connectivity index (χ3n) is 3.48. The fourth-order valence-electron chi connectivity index (χ4n) is 2.17. The molecular formula is C18H24N2O. The standard InChI is InChI=1S/C18H24N2O/c1-12(2)20-10-16-8-17(11-19-9-16)21-18-7-13(3)6-14(4)15(18)5/h6-9,11-12,20H,10H2,1-5H3. The van der Waals surface area contributed by atoms with Crippen molar-refractivity contribution in [2.75, 3.05) is 0 Å². The molecule has 0 spiro atoms. The predicted octanol–water partition coefficient (Wildman–Crippen LogP) is 4.30. The zero-order valence-electron chi connectivity index (χ0n) is 13.5. The van der Waals surface area contributed by atoms with Crippen molar-refractivity contribution >= 4 is 0 Å². The molecule has 0 unspecified atom stereocenters. The minimum Gasteiger partial charge on any atom is -0.455 e. The average molecular weight is 284 g/mol. The van der Waals surface area contributed by atoms with E-state index in [9.17, 15) is 0 Å². The van der Waals surface area contributed by atoms with E-state index in [2.05, 4.69) is 57.1 Å². The highest BCUT2D eigenvalue weighted by atomic mass is 16.5. The summed E-state index contributed by atoms with van der Waals surface area (Å²) in [6.07, 6.45) is 3.63. The number of aryl methyl sites for hydroxylation is 2. The first-order valence-electron chi connectivity index (χ1n) is 7.38. The second kappa shape index (κ2) is 6.72. The molecule has 0 saturated heterocycles. The normalized spacial score (nSPS) is 11.0. The monoisotopic (exact) mass is 284 g/mol. The van der Waals surface area contributed by atoms with E-state index in [0.29, 0.717) is 6.04 Å². The van der Waals surface area contributed by atoms with Gasteiger partial charge >= 0.3 is 0 Å². The quantitative estimate of drug-likeness (QED) is 0.889. The Kier molecular flexibility index (Phi) is 4.97. The lowest BCUT2D eigenvalue weighted by Crippen LogP contribution is -2.21. The molecule has 1 N–H and O–H groups in total. The molecule has 3 nitrogen and oxygen atoms in total. The Morgan fingerprint density at radius 3 is 2.57 bits per heavy atom. The predicted molar refractivity (Wildman–Crippen MR) is 86.9 cm³/mol. The lowest BCUT2D eigenvalue weighted by molar-refractivity contribution is 0.473. The summed E-state index contributed by atoms with van der Waals surface area (Å²) >= 11 is 0. The zero-order chi connectivity index (χ0) is 15.4. The van der Waals surface area contributed by atoms with Crippen LogP contribution in [0.2, 0.25) is 0 Å². The Bertz CT molecular complexity index is 621. The van der Waals surface area contributed by atoms with E-state index < -0.39 is 0 Å². The van der Waals surface area contributed by atoms with Crippen LogP contribution >= 0.6 is 0 Å². The van der Waals surface area contributed by atoms with Crippen LogP contribution in [-0.4, -0.2) is 11.0 Å².